The van der Waals surface area contributed by atoms with E-state index in [2.05, 4.69) is 14.9 Å². The van der Waals surface area contributed by atoms with E-state index in [1.54, 1.807) is 20.8 Å². The molecule has 0 amide bonds. The normalized spacial score (nSPS) is 16.2. The lowest BCUT2D eigenvalue weighted by molar-refractivity contribution is -0.723. The largest absolute Gasteiger partial charge is 0.569 e. The molecule has 8 heteroatoms. The molecule has 8 nitrogen and oxygen atoms in total. The van der Waals surface area contributed by atoms with Crippen LogP contribution in [-0.2, 0) is 14.3 Å². The molecule has 1 aliphatic heterocycles. The van der Waals surface area contributed by atoms with Gasteiger partial charge in [0.2, 0.25) is 5.28 Å². The van der Waals surface area contributed by atoms with Crippen molar-refractivity contribution in [2.24, 2.45) is 5.28 Å². The summed E-state index contributed by atoms with van der Waals surface area (Å²) in [6.07, 6.45) is 0.0944. The van der Waals surface area contributed by atoms with Crippen LogP contribution >= 0.6 is 0 Å². The highest BCUT2D eigenvalue weighted by Crippen LogP contribution is 2.08. The van der Waals surface area contributed by atoms with E-state index in [1.807, 2.05) is 0 Å². The second-order valence-electron chi connectivity index (χ2n) is 4.50. The van der Waals surface area contributed by atoms with Gasteiger partial charge in [-0.2, -0.15) is 0 Å². The zero-order chi connectivity index (χ0) is 12.9. The van der Waals surface area contributed by atoms with Crippen LogP contribution in [0.2, 0.25) is 0 Å². The molecule has 1 aliphatic rings. The number of carbonyl (C=O) groups excluding carboxylic acids is 1. The van der Waals surface area contributed by atoms with Gasteiger partial charge in [-0.05, 0) is 27.2 Å². The van der Waals surface area contributed by atoms with E-state index < -0.39 is 18.5 Å². The Kier molecular flexibility index (Phi) is 4.36. The first kappa shape index (κ1) is 13.3. The van der Waals surface area contributed by atoms with Crippen molar-refractivity contribution in [3.05, 3.63) is 5.21 Å². The molecule has 0 saturated carbocycles. The molecule has 0 N–H and O–H groups in total. The number of hydrazine groups is 1. The molecule has 1 saturated heterocycles. The highest BCUT2D eigenvalue weighted by molar-refractivity contribution is 5.60. The van der Waals surface area contributed by atoms with Crippen LogP contribution in [0.25, 0.3) is 0 Å². The predicted molar refractivity (Wildman–Crippen MR) is 55.5 cm³/mol. The van der Waals surface area contributed by atoms with Crippen molar-refractivity contribution >= 4 is 6.16 Å². The van der Waals surface area contributed by atoms with Crippen molar-refractivity contribution < 1.29 is 24.1 Å². The molecule has 0 unspecified atom stereocenters. The van der Waals surface area contributed by atoms with E-state index >= 15 is 0 Å². The molecular formula is C9H17N3O5. The summed E-state index contributed by atoms with van der Waals surface area (Å²) in [5.41, 5.74) is -0.629. The minimum absolute atomic E-state index is 0.335. The fourth-order valence-electron chi connectivity index (χ4n) is 0.949. The molecule has 0 radical (unpaired) electrons. The van der Waals surface area contributed by atoms with Crippen molar-refractivity contribution in [1.29, 1.82) is 0 Å². The van der Waals surface area contributed by atoms with Crippen molar-refractivity contribution in [1.82, 2.24) is 5.01 Å². The summed E-state index contributed by atoms with van der Waals surface area (Å²) in [6.45, 7) is 5.99. The lowest BCUT2D eigenvalue weighted by Crippen LogP contribution is -2.42. The summed E-state index contributed by atoms with van der Waals surface area (Å²) < 4.78 is 9.38. The van der Waals surface area contributed by atoms with Crippen LogP contribution in [0.3, 0.4) is 0 Å². The Morgan fingerprint density at radius 2 is 2.12 bits per heavy atom. The molecule has 17 heavy (non-hydrogen) atoms. The van der Waals surface area contributed by atoms with Gasteiger partial charge in [0.15, 0.2) is 0 Å². The fourth-order valence-corrected chi connectivity index (χ4v) is 0.949. The van der Waals surface area contributed by atoms with E-state index in [1.165, 1.54) is 5.01 Å². The summed E-state index contributed by atoms with van der Waals surface area (Å²) in [6, 6.07) is 0. The third-order valence-corrected chi connectivity index (χ3v) is 1.82. The first-order valence-electron chi connectivity index (χ1n) is 5.29. The lowest BCUT2D eigenvalue weighted by atomic mass is 10.2. The Hall–Kier alpha value is -1.73. The molecule has 1 heterocycles. The average Bonchev–Trinajstić information content (AvgIpc) is 2.06. The van der Waals surface area contributed by atoms with Gasteiger partial charge >= 0.3 is 6.16 Å². The topological polar surface area (TPSA) is 86.4 Å². The van der Waals surface area contributed by atoms with Gasteiger partial charge in [0.25, 0.3) is 6.79 Å². The lowest BCUT2D eigenvalue weighted by Gasteiger charge is -2.24. The number of ether oxygens (including phenoxy) is 2. The molecule has 0 aliphatic carbocycles. The summed E-state index contributed by atoms with van der Waals surface area (Å²) in [7, 11) is 0. The van der Waals surface area contributed by atoms with Gasteiger partial charge in [-0.15, -0.1) is 5.01 Å². The van der Waals surface area contributed by atoms with Crippen LogP contribution in [0, 0.1) is 5.21 Å². The third-order valence-electron chi connectivity index (χ3n) is 1.82. The summed E-state index contributed by atoms with van der Waals surface area (Å²) in [5.74, 6) is 0. The van der Waals surface area contributed by atoms with Gasteiger partial charge in [0, 0.05) is 0 Å². The minimum atomic E-state index is -0.867. The van der Waals surface area contributed by atoms with Crippen LogP contribution in [0.5, 0.6) is 0 Å². The Balaban J connectivity index is 2.13. The molecular weight excluding hydrogens is 230 g/mol. The van der Waals surface area contributed by atoms with Gasteiger partial charge in [-0.3, -0.25) is 0 Å². The Labute approximate surface area is 99.2 Å². The molecule has 98 valence electrons. The highest BCUT2D eigenvalue weighted by Gasteiger charge is 2.21. The number of hydrogen-bond donors (Lipinski definition) is 0. The van der Waals surface area contributed by atoms with Gasteiger partial charge in [-0.25, -0.2) is 4.79 Å². The van der Waals surface area contributed by atoms with Crippen molar-refractivity contribution in [3.63, 3.8) is 0 Å². The highest BCUT2D eigenvalue weighted by atomic mass is 16.8. The number of carbonyl (C=O) groups is 1. The molecule has 1 fully saturated rings. The van der Waals surface area contributed by atoms with Crippen LogP contribution in [0.1, 0.15) is 27.2 Å². The minimum Gasteiger partial charge on any atom is -0.569 e. The first-order chi connectivity index (χ1) is 7.88. The van der Waals surface area contributed by atoms with E-state index in [0.717, 1.165) is 6.42 Å². The zero-order valence-corrected chi connectivity index (χ0v) is 10.2. The molecule has 0 atom stereocenters. The molecule has 1 rings (SSSR count). The molecule has 0 spiro atoms. The van der Waals surface area contributed by atoms with Crippen molar-refractivity contribution in [3.8, 4) is 0 Å². The van der Waals surface area contributed by atoms with E-state index in [-0.39, 0.29) is 0 Å². The monoisotopic (exact) mass is 247 g/mol. The number of rotatable bonds is 4. The first-order valence-corrected chi connectivity index (χ1v) is 5.29. The maximum absolute atomic E-state index is 11.1. The van der Waals surface area contributed by atoms with Crippen LogP contribution in [-0.4, -0.2) is 41.6 Å². The van der Waals surface area contributed by atoms with Gasteiger partial charge in [0.05, 0.1) is 18.1 Å². The average molecular weight is 247 g/mol. The van der Waals surface area contributed by atoms with Crippen molar-refractivity contribution in [2.75, 3.05) is 19.9 Å². The second-order valence-corrected chi connectivity index (χ2v) is 4.50. The van der Waals surface area contributed by atoms with E-state index in [4.69, 9.17) is 4.74 Å². The SMILES string of the molecule is CC(C)(C)OC(=O)OCON=[N+]([O-])N1CCC1. The summed E-state index contributed by atoms with van der Waals surface area (Å²) in [5, 5.41) is 15.7. The van der Waals surface area contributed by atoms with Gasteiger partial charge in [-0.1, -0.05) is 0 Å². The molecule has 0 aromatic carbocycles. The number of nitrogens with zero attached hydrogens (tertiary/aromatic N) is 3. The maximum atomic E-state index is 11.1. The standard InChI is InChI=1S/C9H17N3O5/c1-9(2,3)17-8(13)15-7-16-10-12(14)11-5-4-6-11/h4-7H2,1-3H3. The Morgan fingerprint density at radius 3 is 2.59 bits per heavy atom. The summed E-state index contributed by atoms with van der Waals surface area (Å²) >= 11 is 0. The maximum Gasteiger partial charge on any atom is 0.511 e. The van der Waals surface area contributed by atoms with Crippen LogP contribution in [0.15, 0.2) is 5.28 Å². The Bertz CT molecular complexity index is 295. The smallest absolute Gasteiger partial charge is 0.511 e. The summed E-state index contributed by atoms with van der Waals surface area (Å²) in [4.78, 5) is 15.9. The van der Waals surface area contributed by atoms with Gasteiger partial charge in [0.1, 0.15) is 5.60 Å². The van der Waals surface area contributed by atoms with E-state index in [9.17, 15) is 10.0 Å². The molecule has 0 aromatic rings. The molecule has 0 aromatic heterocycles. The predicted octanol–water partition coefficient (Wildman–Crippen LogP) is 1.41. The van der Waals surface area contributed by atoms with E-state index in [0.29, 0.717) is 18.1 Å². The Morgan fingerprint density at radius 1 is 1.47 bits per heavy atom. The quantitative estimate of drug-likeness (QED) is 0.186. The van der Waals surface area contributed by atoms with Crippen molar-refractivity contribution in [2.45, 2.75) is 32.8 Å². The number of hydrogen-bond acceptors (Lipinski definition) is 6. The van der Waals surface area contributed by atoms with Crippen LogP contribution < -0.4 is 0 Å². The third kappa shape index (κ3) is 5.23. The second kappa shape index (κ2) is 5.55. The molecule has 0 bridgehead atoms. The van der Waals surface area contributed by atoms with Crippen LogP contribution in [0.4, 0.5) is 4.79 Å². The zero-order valence-electron chi connectivity index (χ0n) is 10.2. The fraction of sp³-hybridized carbons (Fsp3) is 0.889. The van der Waals surface area contributed by atoms with Gasteiger partial charge < -0.3 is 19.5 Å².